The lowest BCUT2D eigenvalue weighted by Crippen LogP contribution is -2.12. The lowest BCUT2D eigenvalue weighted by atomic mass is 10.2. The van der Waals surface area contributed by atoms with E-state index in [0.29, 0.717) is 16.1 Å². The van der Waals surface area contributed by atoms with Gasteiger partial charge in [0.05, 0.1) is 17.6 Å². The zero-order valence-electron chi connectivity index (χ0n) is 10.1. The van der Waals surface area contributed by atoms with E-state index in [-0.39, 0.29) is 5.91 Å². The Kier molecular flexibility index (Phi) is 3.57. The third-order valence-corrected chi connectivity index (χ3v) is 3.46. The van der Waals surface area contributed by atoms with Gasteiger partial charge in [-0.25, -0.2) is 0 Å². The Balaban J connectivity index is 2.14. The molecule has 1 amide bonds. The maximum Gasteiger partial charge on any atom is 0.255 e. The van der Waals surface area contributed by atoms with Crippen molar-refractivity contribution in [2.75, 3.05) is 11.6 Å². The number of rotatable bonds is 3. The van der Waals surface area contributed by atoms with E-state index in [1.54, 1.807) is 36.7 Å². The van der Waals surface area contributed by atoms with E-state index in [9.17, 15) is 9.00 Å². The number of anilines is 1. The van der Waals surface area contributed by atoms with Gasteiger partial charge in [0.1, 0.15) is 0 Å². The first-order chi connectivity index (χ1) is 8.58. The largest absolute Gasteiger partial charge is 0.319 e. The van der Waals surface area contributed by atoms with Gasteiger partial charge in [-0.15, -0.1) is 0 Å². The molecule has 0 radical (unpaired) electrons. The molecular weight excluding hydrogens is 250 g/mol. The second-order valence-electron chi connectivity index (χ2n) is 3.84. The molecule has 2 N–H and O–H groups in total. The molecule has 0 spiro atoms. The molecule has 1 aromatic heterocycles. The highest BCUT2D eigenvalue weighted by Crippen LogP contribution is 2.13. The number of amides is 1. The van der Waals surface area contributed by atoms with Gasteiger partial charge in [0, 0.05) is 27.5 Å². The first-order valence-electron chi connectivity index (χ1n) is 5.33. The van der Waals surface area contributed by atoms with Gasteiger partial charge in [-0.05, 0) is 31.2 Å². The first-order valence-corrected chi connectivity index (χ1v) is 6.88. The van der Waals surface area contributed by atoms with E-state index >= 15 is 0 Å². The maximum absolute atomic E-state index is 11.9. The van der Waals surface area contributed by atoms with Crippen LogP contribution >= 0.6 is 0 Å². The number of H-pyrrole nitrogens is 1. The van der Waals surface area contributed by atoms with Crippen LogP contribution < -0.4 is 5.32 Å². The van der Waals surface area contributed by atoms with E-state index in [2.05, 4.69) is 15.5 Å². The molecule has 5 nitrogen and oxygen atoms in total. The zero-order chi connectivity index (χ0) is 13.1. The van der Waals surface area contributed by atoms with Crippen molar-refractivity contribution < 1.29 is 9.00 Å². The van der Waals surface area contributed by atoms with Gasteiger partial charge >= 0.3 is 0 Å². The van der Waals surface area contributed by atoms with Crippen LogP contribution in [-0.2, 0) is 10.8 Å². The predicted molar refractivity (Wildman–Crippen MR) is 70.1 cm³/mol. The Labute approximate surface area is 107 Å². The molecule has 0 saturated carbocycles. The Morgan fingerprint density at radius 2 is 2.00 bits per heavy atom. The van der Waals surface area contributed by atoms with E-state index in [1.807, 2.05) is 6.92 Å². The predicted octanol–water partition coefficient (Wildman–Crippen LogP) is 1.71. The molecule has 94 valence electrons. The van der Waals surface area contributed by atoms with Crippen molar-refractivity contribution in [2.24, 2.45) is 0 Å². The van der Waals surface area contributed by atoms with Crippen molar-refractivity contribution >= 4 is 22.4 Å². The summed E-state index contributed by atoms with van der Waals surface area (Å²) in [5.74, 6) is -0.215. The van der Waals surface area contributed by atoms with E-state index in [4.69, 9.17) is 0 Å². The maximum atomic E-state index is 11.9. The molecule has 0 aliphatic rings. The SMILES string of the molecule is Cc1[nH]ncc1NC(=O)c1ccc([S@@](C)=O)cc1. The van der Waals surface area contributed by atoms with Crippen LogP contribution in [0.15, 0.2) is 35.4 Å². The molecule has 18 heavy (non-hydrogen) atoms. The van der Waals surface area contributed by atoms with Crippen molar-refractivity contribution in [3.05, 3.63) is 41.7 Å². The van der Waals surface area contributed by atoms with E-state index in [1.165, 1.54) is 0 Å². The van der Waals surface area contributed by atoms with Crippen LogP contribution in [-0.4, -0.2) is 26.6 Å². The number of carbonyl (C=O) groups excluding carboxylic acids is 1. The summed E-state index contributed by atoms with van der Waals surface area (Å²) in [6.07, 6.45) is 3.16. The van der Waals surface area contributed by atoms with Crippen LogP contribution in [0.25, 0.3) is 0 Å². The molecule has 0 aliphatic heterocycles. The highest BCUT2D eigenvalue weighted by atomic mass is 32.2. The van der Waals surface area contributed by atoms with Gasteiger partial charge in [-0.1, -0.05) is 0 Å². The molecule has 0 bridgehead atoms. The smallest absolute Gasteiger partial charge is 0.255 e. The lowest BCUT2D eigenvalue weighted by Gasteiger charge is -2.04. The van der Waals surface area contributed by atoms with Crippen molar-refractivity contribution in [1.29, 1.82) is 0 Å². The van der Waals surface area contributed by atoms with Crippen LogP contribution in [0.4, 0.5) is 5.69 Å². The summed E-state index contributed by atoms with van der Waals surface area (Å²) in [6.45, 7) is 1.83. The molecule has 1 heterocycles. The molecule has 2 aromatic rings. The average Bonchev–Trinajstić information content (AvgIpc) is 2.75. The van der Waals surface area contributed by atoms with Crippen LogP contribution in [0.2, 0.25) is 0 Å². The third kappa shape index (κ3) is 2.65. The first kappa shape index (κ1) is 12.5. The molecule has 6 heteroatoms. The zero-order valence-corrected chi connectivity index (χ0v) is 10.9. The van der Waals surface area contributed by atoms with Crippen molar-refractivity contribution in [3.8, 4) is 0 Å². The Hall–Kier alpha value is -1.95. The number of hydrogen-bond acceptors (Lipinski definition) is 3. The normalized spacial score (nSPS) is 12.1. The van der Waals surface area contributed by atoms with Crippen LogP contribution in [0.5, 0.6) is 0 Å². The molecule has 0 aliphatic carbocycles. The van der Waals surface area contributed by atoms with Crippen molar-refractivity contribution in [2.45, 2.75) is 11.8 Å². The van der Waals surface area contributed by atoms with Crippen LogP contribution in [0.1, 0.15) is 16.1 Å². The summed E-state index contributed by atoms with van der Waals surface area (Å²) < 4.78 is 11.2. The topological polar surface area (TPSA) is 74.8 Å². The van der Waals surface area contributed by atoms with E-state index in [0.717, 1.165) is 5.69 Å². The number of nitrogens with zero attached hydrogens (tertiary/aromatic N) is 1. The highest BCUT2D eigenvalue weighted by molar-refractivity contribution is 7.84. The average molecular weight is 263 g/mol. The number of carbonyl (C=O) groups is 1. The summed E-state index contributed by atoms with van der Waals surface area (Å²) in [5.41, 5.74) is 1.97. The Bertz CT molecular complexity index is 590. The molecule has 2 rings (SSSR count). The van der Waals surface area contributed by atoms with Gasteiger partial charge < -0.3 is 5.32 Å². The minimum Gasteiger partial charge on any atom is -0.319 e. The standard InChI is InChI=1S/C12H13N3O2S/c1-8-11(7-13-15-8)14-12(16)9-3-5-10(6-4-9)18(2)17/h3-7H,1-2H3,(H,13,15)(H,14,16)/t18-/m1/s1. The number of benzene rings is 1. The van der Waals surface area contributed by atoms with Gasteiger partial charge in [0.2, 0.25) is 0 Å². The van der Waals surface area contributed by atoms with Crippen LogP contribution in [0.3, 0.4) is 0 Å². The third-order valence-electron chi connectivity index (χ3n) is 2.53. The van der Waals surface area contributed by atoms with Crippen LogP contribution in [0, 0.1) is 6.92 Å². The summed E-state index contributed by atoms with van der Waals surface area (Å²) in [4.78, 5) is 12.6. The molecule has 0 unspecified atom stereocenters. The summed E-state index contributed by atoms with van der Waals surface area (Å²) in [6, 6.07) is 6.68. The number of aromatic nitrogens is 2. The number of aromatic amines is 1. The van der Waals surface area contributed by atoms with Gasteiger partial charge in [0.25, 0.3) is 5.91 Å². The van der Waals surface area contributed by atoms with Crippen molar-refractivity contribution in [3.63, 3.8) is 0 Å². The lowest BCUT2D eigenvalue weighted by molar-refractivity contribution is 0.102. The molecular formula is C12H13N3O2S. The quantitative estimate of drug-likeness (QED) is 0.885. The fourth-order valence-corrected chi connectivity index (χ4v) is 1.99. The van der Waals surface area contributed by atoms with Gasteiger partial charge in [-0.3, -0.25) is 14.1 Å². The van der Waals surface area contributed by atoms with Crippen molar-refractivity contribution in [1.82, 2.24) is 10.2 Å². The summed E-state index contributed by atoms with van der Waals surface area (Å²) in [5, 5.41) is 9.32. The minimum absolute atomic E-state index is 0.215. The van der Waals surface area contributed by atoms with Gasteiger partial charge in [-0.2, -0.15) is 5.10 Å². The summed E-state index contributed by atoms with van der Waals surface area (Å²) in [7, 11) is -1.03. The number of aryl methyl sites for hydroxylation is 1. The molecule has 0 fully saturated rings. The second-order valence-corrected chi connectivity index (χ2v) is 5.22. The summed E-state index contributed by atoms with van der Waals surface area (Å²) >= 11 is 0. The number of hydrogen-bond donors (Lipinski definition) is 2. The van der Waals surface area contributed by atoms with Gasteiger partial charge in [0.15, 0.2) is 0 Å². The fourth-order valence-electron chi connectivity index (χ4n) is 1.47. The Morgan fingerprint density at radius 3 is 2.50 bits per heavy atom. The number of nitrogens with one attached hydrogen (secondary N) is 2. The van der Waals surface area contributed by atoms with E-state index < -0.39 is 10.8 Å². The molecule has 1 atom stereocenters. The minimum atomic E-state index is -1.03. The highest BCUT2D eigenvalue weighted by Gasteiger charge is 2.09. The Morgan fingerprint density at radius 1 is 1.33 bits per heavy atom. The molecule has 1 aromatic carbocycles. The molecule has 0 saturated heterocycles. The fraction of sp³-hybridized carbons (Fsp3) is 0.167. The second kappa shape index (κ2) is 5.14. The monoisotopic (exact) mass is 263 g/mol.